The third-order valence-electron chi connectivity index (χ3n) is 3.09. The number of ketones is 1. The summed E-state index contributed by atoms with van der Waals surface area (Å²) in [5, 5.41) is 2.01. The van der Waals surface area contributed by atoms with Crippen LogP contribution in [-0.4, -0.2) is 34.9 Å². The van der Waals surface area contributed by atoms with Crippen LogP contribution in [0.3, 0.4) is 0 Å². The molecule has 1 aromatic carbocycles. The minimum atomic E-state index is -0.569. The van der Waals surface area contributed by atoms with Crippen molar-refractivity contribution in [3.05, 3.63) is 47.3 Å². The van der Waals surface area contributed by atoms with Crippen molar-refractivity contribution in [3.8, 4) is 0 Å². The second-order valence-electron chi connectivity index (χ2n) is 6.16. The maximum Gasteiger partial charge on any atom is 0.337 e. The average molecular weight is 323 g/mol. The SMILES string of the molecule is CC(C)(C)C(=O)ON1C=CN(CC(=O)c2ccc(Cl)cc2)C1. The molecular formula is C16H19ClN2O3. The van der Waals surface area contributed by atoms with Gasteiger partial charge in [0.25, 0.3) is 0 Å². The highest BCUT2D eigenvalue weighted by molar-refractivity contribution is 6.30. The zero-order valence-corrected chi connectivity index (χ0v) is 13.6. The Morgan fingerprint density at radius 2 is 1.82 bits per heavy atom. The maximum atomic E-state index is 12.2. The lowest BCUT2D eigenvalue weighted by Gasteiger charge is -2.23. The molecule has 0 fully saturated rings. The van der Waals surface area contributed by atoms with Gasteiger partial charge in [-0.3, -0.25) is 4.79 Å². The van der Waals surface area contributed by atoms with Crippen molar-refractivity contribution in [2.45, 2.75) is 20.8 Å². The van der Waals surface area contributed by atoms with Gasteiger partial charge in [0.15, 0.2) is 5.78 Å². The number of carbonyl (C=O) groups is 2. The molecule has 118 valence electrons. The first-order valence-corrected chi connectivity index (χ1v) is 7.34. The first-order valence-electron chi connectivity index (χ1n) is 6.96. The first-order chi connectivity index (χ1) is 10.3. The molecule has 0 saturated heterocycles. The lowest BCUT2D eigenvalue weighted by atomic mass is 9.98. The second kappa shape index (κ2) is 6.40. The molecule has 1 aromatic rings. The molecule has 0 amide bonds. The van der Waals surface area contributed by atoms with E-state index in [9.17, 15) is 9.59 Å². The van der Waals surface area contributed by atoms with Crippen LogP contribution in [0, 0.1) is 5.41 Å². The molecule has 6 heteroatoms. The van der Waals surface area contributed by atoms with Crippen LogP contribution in [0.15, 0.2) is 36.7 Å². The normalized spacial score (nSPS) is 14.4. The third kappa shape index (κ3) is 4.24. The number of hydrogen-bond acceptors (Lipinski definition) is 5. The largest absolute Gasteiger partial charge is 0.348 e. The summed E-state index contributed by atoms with van der Waals surface area (Å²) in [4.78, 5) is 31.0. The Balaban J connectivity index is 1.87. The molecule has 2 rings (SSSR count). The maximum absolute atomic E-state index is 12.2. The zero-order valence-electron chi connectivity index (χ0n) is 12.9. The fraction of sp³-hybridized carbons (Fsp3) is 0.375. The Morgan fingerprint density at radius 1 is 1.18 bits per heavy atom. The van der Waals surface area contributed by atoms with Crippen LogP contribution in [0.2, 0.25) is 5.02 Å². The summed E-state index contributed by atoms with van der Waals surface area (Å²) in [6, 6.07) is 6.77. The van der Waals surface area contributed by atoms with Gasteiger partial charge in [-0.15, -0.1) is 0 Å². The van der Waals surface area contributed by atoms with E-state index in [4.69, 9.17) is 16.4 Å². The molecule has 0 N–H and O–H groups in total. The van der Waals surface area contributed by atoms with Crippen LogP contribution >= 0.6 is 11.6 Å². The van der Waals surface area contributed by atoms with Crippen molar-refractivity contribution >= 4 is 23.4 Å². The van der Waals surface area contributed by atoms with Crippen LogP contribution in [-0.2, 0) is 9.63 Å². The van der Waals surface area contributed by atoms with Gasteiger partial charge in [-0.2, -0.15) is 5.06 Å². The number of rotatable bonds is 4. The summed E-state index contributed by atoms with van der Waals surface area (Å²) < 4.78 is 0. The van der Waals surface area contributed by atoms with E-state index in [2.05, 4.69) is 0 Å². The smallest absolute Gasteiger partial charge is 0.337 e. The first kappa shape index (κ1) is 16.4. The van der Waals surface area contributed by atoms with Gasteiger partial charge >= 0.3 is 5.97 Å². The second-order valence-corrected chi connectivity index (χ2v) is 6.60. The van der Waals surface area contributed by atoms with Crippen LogP contribution in [0.25, 0.3) is 0 Å². The zero-order chi connectivity index (χ0) is 16.3. The minimum Gasteiger partial charge on any atom is -0.348 e. The highest BCUT2D eigenvalue weighted by Gasteiger charge is 2.27. The van der Waals surface area contributed by atoms with Crippen molar-refractivity contribution < 1.29 is 14.4 Å². The Labute approximate surface area is 135 Å². The van der Waals surface area contributed by atoms with E-state index in [1.807, 2.05) is 0 Å². The predicted molar refractivity (Wildman–Crippen MR) is 83.9 cm³/mol. The van der Waals surface area contributed by atoms with Gasteiger partial charge in [0, 0.05) is 16.8 Å². The van der Waals surface area contributed by atoms with E-state index < -0.39 is 5.41 Å². The van der Waals surface area contributed by atoms with Crippen LogP contribution < -0.4 is 0 Å². The number of hydroxylamine groups is 2. The number of nitrogens with zero attached hydrogens (tertiary/aromatic N) is 2. The van der Waals surface area contributed by atoms with Gasteiger partial charge in [-0.1, -0.05) is 11.6 Å². The lowest BCUT2D eigenvalue weighted by molar-refractivity contribution is -0.190. The van der Waals surface area contributed by atoms with Crippen molar-refractivity contribution in [1.29, 1.82) is 0 Å². The third-order valence-corrected chi connectivity index (χ3v) is 3.34. The van der Waals surface area contributed by atoms with Gasteiger partial charge < -0.3 is 9.74 Å². The number of hydrogen-bond donors (Lipinski definition) is 0. The summed E-state index contributed by atoms with van der Waals surface area (Å²) in [7, 11) is 0. The topological polar surface area (TPSA) is 49.9 Å². The molecule has 22 heavy (non-hydrogen) atoms. The van der Waals surface area contributed by atoms with Gasteiger partial charge in [0.2, 0.25) is 0 Å². The van der Waals surface area contributed by atoms with E-state index in [-0.39, 0.29) is 18.3 Å². The standard InChI is InChI=1S/C16H19ClN2O3/c1-16(2,3)15(21)22-19-9-8-18(11-19)10-14(20)12-4-6-13(17)7-5-12/h4-9H,10-11H2,1-3H3. The fourth-order valence-corrected chi connectivity index (χ4v) is 1.88. The van der Waals surface area contributed by atoms with Gasteiger partial charge in [-0.25, -0.2) is 4.79 Å². The number of benzene rings is 1. The quantitative estimate of drug-likeness (QED) is 0.797. The van der Waals surface area contributed by atoms with Crippen molar-refractivity contribution in [1.82, 2.24) is 9.96 Å². The highest BCUT2D eigenvalue weighted by atomic mass is 35.5. The van der Waals surface area contributed by atoms with Gasteiger partial charge in [0.05, 0.1) is 18.2 Å². The fourth-order valence-electron chi connectivity index (χ4n) is 1.76. The van der Waals surface area contributed by atoms with E-state index in [1.54, 1.807) is 62.3 Å². The number of halogens is 1. The van der Waals surface area contributed by atoms with Gasteiger partial charge in [-0.05, 0) is 45.0 Å². The summed E-state index contributed by atoms with van der Waals surface area (Å²) in [6.45, 7) is 5.91. The van der Waals surface area contributed by atoms with E-state index in [0.717, 1.165) is 0 Å². The van der Waals surface area contributed by atoms with Crippen LogP contribution in [0.1, 0.15) is 31.1 Å². The molecule has 0 saturated carbocycles. The molecule has 0 atom stereocenters. The summed E-state index contributed by atoms with van der Waals surface area (Å²) in [5.41, 5.74) is 0.0309. The molecule has 0 aliphatic carbocycles. The van der Waals surface area contributed by atoms with Crippen LogP contribution in [0.4, 0.5) is 0 Å². The van der Waals surface area contributed by atoms with Crippen molar-refractivity contribution in [2.24, 2.45) is 5.41 Å². The molecule has 0 spiro atoms. The van der Waals surface area contributed by atoms with E-state index in [0.29, 0.717) is 17.3 Å². The molecular weight excluding hydrogens is 304 g/mol. The number of carbonyl (C=O) groups excluding carboxylic acids is 2. The Hall–Kier alpha value is -2.01. The molecule has 0 unspecified atom stereocenters. The van der Waals surface area contributed by atoms with Gasteiger partial charge in [0.1, 0.15) is 6.67 Å². The molecule has 1 aliphatic heterocycles. The van der Waals surface area contributed by atoms with E-state index in [1.165, 1.54) is 5.06 Å². The molecule has 0 aromatic heterocycles. The van der Waals surface area contributed by atoms with Crippen LogP contribution in [0.5, 0.6) is 0 Å². The predicted octanol–water partition coefficient (Wildman–Crippen LogP) is 3.07. The molecule has 0 radical (unpaired) electrons. The number of Topliss-reactive ketones (excluding diaryl/α,β-unsaturated/α-hetero) is 1. The Bertz CT molecular complexity index is 590. The Kier molecular flexibility index (Phi) is 4.76. The molecule has 0 bridgehead atoms. The monoisotopic (exact) mass is 322 g/mol. The minimum absolute atomic E-state index is 0.0229. The summed E-state index contributed by atoms with van der Waals surface area (Å²) in [6.07, 6.45) is 3.36. The lowest BCUT2D eigenvalue weighted by Crippen LogP contribution is -2.34. The summed E-state index contributed by atoms with van der Waals surface area (Å²) in [5.74, 6) is -0.339. The highest BCUT2D eigenvalue weighted by Crippen LogP contribution is 2.18. The summed E-state index contributed by atoms with van der Waals surface area (Å²) >= 11 is 5.80. The molecule has 1 aliphatic rings. The van der Waals surface area contributed by atoms with Crippen molar-refractivity contribution in [3.63, 3.8) is 0 Å². The Morgan fingerprint density at radius 3 is 2.41 bits per heavy atom. The molecule has 5 nitrogen and oxygen atoms in total. The van der Waals surface area contributed by atoms with E-state index >= 15 is 0 Å². The average Bonchev–Trinajstić information content (AvgIpc) is 2.85. The van der Waals surface area contributed by atoms with Crippen molar-refractivity contribution in [2.75, 3.05) is 13.2 Å². The molecule has 1 heterocycles.